The van der Waals surface area contributed by atoms with Gasteiger partial charge in [0.2, 0.25) is 10.0 Å². The van der Waals surface area contributed by atoms with E-state index in [1.54, 1.807) is 6.07 Å². The van der Waals surface area contributed by atoms with E-state index in [0.29, 0.717) is 34.3 Å². The first kappa shape index (κ1) is 15.7. The van der Waals surface area contributed by atoms with Crippen LogP contribution in [0.25, 0.3) is 0 Å². The van der Waals surface area contributed by atoms with Gasteiger partial charge in [-0.05, 0) is 35.8 Å². The van der Waals surface area contributed by atoms with E-state index >= 15 is 0 Å². The van der Waals surface area contributed by atoms with Crippen molar-refractivity contribution in [3.05, 3.63) is 14.7 Å². The van der Waals surface area contributed by atoms with Gasteiger partial charge in [0.05, 0.1) is 21.9 Å². The number of nitrogens with zero attached hydrogens (tertiary/aromatic N) is 1. The summed E-state index contributed by atoms with van der Waals surface area (Å²) in [5, 5.41) is 0. The fourth-order valence-electron chi connectivity index (χ4n) is 1.96. The third kappa shape index (κ3) is 3.33. The molecule has 19 heavy (non-hydrogen) atoms. The van der Waals surface area contributed by atoms with Gasteiger partial charge in [-0.2, -0.15) is 4.31 Å². The minimum Gasteiger partial charge on any atom is -0.373 e. The van der Waals surface area contributed by atoms with Crippen LogP contribution in [0.2, 0.25) is 0 Å². The molecular formula is C11H15BrClNO3S2. The summed E-state index contributed by atoms with van der Waals surface area (Å²) in [4.78, 5) is 1.13. The molecule has 0 aliphatic carbocycles. The molecule has 0 amide bonds. The normalized spacial score (nSPS) is 20.6. The van der Waals surface area contributed by atoms with Crippen LogP contribution in [0.3, 0.4) is 0 Å². The highest BCUT2D eigenvalue weighted by atomic mass is 79.9. The Morgan fingerprint density at radius 2 is 2.26 bits per heavy atom. The van der Waals surface area contributed by atoms with Crippen LogP contribution in [0.5, 0.6) is 0 Å². The lowest BCUT2D eigenvalue weighted by Gasteiger charge is -2.37. The third-order valence-corrected chi connectivity index (χ3v) is 7.39. The molecule has 0 atom stereocenters. The maximum Gasteiger partial charge on any atom is 0.245 e. The molecule has 2 rings (SSSR count). The molecule has 1 aliphatic rings. The van der Waals surface area contributed by atoms with Gasteiger partial charge in [-0.25, -0.2) is 8.42 Å². The van der Waals surface area contributed by atoms with Gasteiger partial charge >= 0.3 is 0 Å². The summed E-state index contributed by atoms with van der Waals surface area (Å²) >= 11 is 10.4. The molecule has 2 heterocycles. The topological polar surface area (TPSA) is 46.6 Å². The Morgan fingerprint density at radius 1 is 1.58 bits per heavy atom. The zero-order valence-corrected chi connectivity index (χ0v) is 14.6. The van der Waals surface area contributed by atoms with Gasteiger partial charge in [0.25, 0.3) is 0 Å². The van der Waals surface area contributed by atoms with Crippen LogP contribution in [0, 0.1) is 0 Å². The van der Waals surface area contributed by atoms with Crippen LogP contribution in [0.1, 0.15) is 18.7 Å². The summed E-state index contributed by atoms with van der Waals surface area (Å²) in [5.41, 5.74) is -0.455. The first-order chi connectivity index (χ1) is 8.76. The summed E-state index contributed by atoms with van der Waals surface area (Å²) in [6.07, 6.45) is 0. The average Bonchev–Trinajstić information content (AvgIpc) is 2.70. The highest BCUT2D eigenvalue weighted by molar-refractivity contribution is 9.11. The smallest absolute Gasteiger partial charge is 0.245 e. The molecule has 1 aromatic rings. The maximum atomic E-state index is 12.6. The highest BCUT2D eigenvalue weighted by Crippen LogP contribution is 2.35. The van der Waals surface area contributed by atoms with Crippen molar-refractivity contribution >= 4 is 48.9 Å². The minimum atomic E-state index is -3.49. The molecule has 1 saturated heterocycles. The van der Waals surface area contributed by atoms with E-state index in [4.69, 9.17) is 16.3 Å². The second-order valence-corrected chi connectivity index (χ2v) is 9.56. The molecule has 0 aromatic carbocycles. The fourth-order valence-corrected chi connectivity index (χ4v) is 6.25. The molecule has 0 spiro atoms. The van der Waals surface area contributed by atoms with Crippen LogP contribution in [-0.4, -0.2) is 38.0 Å². The molecular weight excluding hydrogens is 374 g/mol. The summed E-state index contributed by atoms with van der Waals surface area (Å²) in [5.74, 6) is 0.313. The summed E-state index contributed by atoms with van der Waals surface area (Å²) < 4.78 is 32.9. The lowest BCUT2D eigenvalue weighted by atomic mass is 10.1. The number of ether oxygens (including phenoxy) is 1. The lowest BCUT2D eigenvalue weighted by Crippen LogP contribution is -2.50. The van der Waals surface area contributed by atoms with Crippen LogP contribution < -0.4 is 0 Å². The van der Waals surface area contributed by atoms with Gasteiger partial charge in [0.15, 0.2) is 0 Å². The predicted molar refractivity (Wildman–Crippen MR) is 80.4 cm³/mol. The Balaban J connectivity index is 2.34. The van der Waals surface area contributed by atoms with Crippen LogP contribution >= 0.6 is 38.9 Å². The van der Waals surface area contributed by atoms with Gasteiger partial charge in [0.1, 0.15) is 4.90 Å². The number of sulfonamides is 1. The number of alkyl halides is 1. The van der Waals surface area contributed by atoms with E-state index in [1.165, 1.54) is 15.6 Å². The minimum absolute atomic E-state index is 0.297. The molecule has 0 bridgehead atoms. The van der Waals surface area contributed by atoms with Crippen molar-refractivity contribution in [1.82, 2.24) is 4.31 Å². The number of halogens is 2. The average molecular weight is 389 g/mol. The number of rotatable bonds is 3. The van der Waals surface area contributed by atoms with Gasteiger partial charge in [0, 0.05) is 18.0 Å². The van der Waals surface area contributed by atoms with E-state index in [-0.39, 0.29) is 0 Å². The van der Waals surface area contributed by atoms with Crippen molar-refractivity contribution in [2.45, 2.75) is 30.2 Å². The molecule has 0 radical (unpaired) electrons. The Hall–Kier alpha value is 0.340. The van der Waals surface area contributed by atoms with Gasteiger partial charge in [-0.1, -0.05) is 0 Å². The second-order valence-electron chi connectivity index (χ2n) is 4.93. The van der Waals surface area contributed by atoms with Crippen molar-refractivity contribution < 1.29 is 13.2 Å². The number of thiophene rings is 1. The van der Waals surface area contributed by atoms with Crippen LogP contribution in [-0.2, 0) is 20.6 Å². The largest absolute Gasteiger partial charge is 0.373 e. The molecule has 108 valence electrons. The molecule has 0 unspecified atom stereocenters. The van der Waals surface area contributed by atoms with Gasteiger partial charge in [-0.3, -0.25) is 0 Å². The first-order valence-corrected chi connectivity index (χ1v) is 9.33. The van der Waals surface area contributed by atoms with Crippen LogP contribution in [0.4, 0.5) is 0 Å². The second kappa shape index (κ2) is 5.61. The van der Waals surface area contributed by atoms with Crippen molar-refractivity contribution in [3.8, 4) is 0 Å². The van der Waals surface area contributed by atoms with Crippen molar-refractivity contribution in [1.29, 1.82) is 0 Å². The lowest BCUT2D eigenvalue weighted by molar-refractivity contribution is -0.0640. The van der Waals surface area contributed by atoms with Gasteiger partial charge < -0.3 is 4.74 Å². The molecule has 1 fully saturated rings. The van der Waals surface area contributed by atoms with Crippen molar-refractivity contribution in [2.24, 2.45) is 0 Å². The van der Waals surface area contributed by atoms with E-state index in [2.05, 4.69) is 15.9 Å². The molecule has 0 saturated carbocycles. The molecule has 8 heteroatoms. The Morgan fingerprint density at radius 3 is 2.79 bits per heavy atom. The SMILES string of the molecule is CC1(C)CN(S(=O)(=O)c2cc(CCl)sc2Br)CCO1. The third-order valence-electron chi connectivity index (χ3n) is 2.85. The molecule has 4 nitrogen and oxygen atoms in total. The number of hydrogen-bond donors (Lipinski definition) is 0. The van der Waals surface area contributed by atoms with Gasteiger partial charge in [-0.15, -0.1) is 22.9 Å². The van der Waals surface area contributed by atoms with E-state index in [0.717, 1.165) is 4.88 Å². The summed E-state index contributed by atoms with van der Waals surface area (Å²) in [6, 6.07) is 1.64. The van der Waals surface area contributed by atoms with E-state index < -0.39 is 15.6 Å². The van der Waals surface area contributed by atoms with Crippen molar-refractivity contribution in [2.75, 3.05) is 19.7 Å². The number of morpholine rings is 1. The molecule has 0 N–H and O–H groups in total. The maximum absolute atomic E-state index is 12.6. The monoisotopic (exact) mass is 387 g/mol. The standard InChI is InChI=1S/C11H15BrClNO3S2/c1-11(2)7-14(3-4-17-11)19(15,16)9-5-8(6-13)18-10(9)12/h5H,3-4,6-7H2,1-2H3. The fraction of sp³-hybridized carbons (Fsp3) is 0.636. The summed E-state index contributed by atoms with van der Waals surface area (Å²) in [7, 11) is -3.49. The first-order valence-electron chi connectivity index (χ1n) is 5.74. The molecule has 1 aromatic heterocycles. The Bertz CT molecular complexity index is 570. The zero-order valence-electron chi connectivity index (χ0n) is 10.7. The highest BCUT2D eigenvalue weighted by Gasteiger charge is 2.36. The van der Waals surface area contributed by atoms with E-state index in [1.807, 2.05) is 13.8 Å². The molecule has 1 aliphatic heterocycles. The van der Waals surface area contributed by atoms with Crippen molar-refractivity contribution in [3.63, 3.8) is 0 Å². The Kier molecular flexibility index (Phi) is 4.65. The van der Waals surface area contributed by atoms with Crippen LogP contribution in [0.15, 0.2) is 14.7 Å². The zero-order chi connectivity index (χ0) is 14.3. The van der Waals surface area contributed by atoms with E-state index in [9.17, 15) is 8.42 Å². The quantitative estimate of drug-likeness (QED) is 0.748. The predicted octanol–water partition coefficient (Wildman–Crippen LogP) is 3.05. The Labute approximate surface area is 130 Å². The summed E-state index contributed by atoms with van der Waals surface area (Å²) in [6.45, 7) is 4.93. The number of hydrogen-bond acceptors (Lipinski definition) is 4.